The fraction of sp³-hybridized carbons (Fsp3) is 0.0476. The van der Waals surface area contributed by atoms with Gasteiger partial charge in [-0.05, 0) is 73.0 Å². The van der Waals surface area contributed by atoms with Crippen molar-refractivity contribution in [3.8, 4) is 0 Å². The summed E-state index contributed by atoms with van der Waals surface area (Å²) in [5.74, 6) is 1.26. The highest BCUT2D eigenvalue weighted by Crippen LogP contribution is 2.30. The summed E-state index contributed by atoms with van der Waals surface area (Å²) >= 11 is 13.7. The number of nitrogens with one attached hydrogen (secondary N) is 2. The highest BCUT2D eigenvalue weighted by Gasteiger charge is 2.10. The van der Waals surface area contributed by atoms with Crippen LogP contribution in [0, 0.1) is 6.92 Å². The number of halogens is 2. The molecule has 0 aliphatic carbocycles. The van der Waals surface area contributed by atoms with E-state index in [1.807, 2.05) is 73.7 Å². The molecular formula is C21H16Cl2N4S. The first kappa shape index (κ1) is 18.9. The average molecular weight is 427 g/mol. The molecule has 0 saturated heterocycles. The van der Waals surface area contributed by atoms with Gasteiger partial charge < -0.3 is 10.0 Å². The summed E-state index contributed by atoms with van der Waals surface area (Å²) in [5.41, 5.74) is 3.49. The van der Waals surface area contributed by atoms with Crippen molar-refractivity contribution in [1.82, 2.24) is 9.97 Å². The average Bonchev–Trinajstić information content (AvgIpc) is 2.70. The molecule has 0 bridgehead atoms. The second-order valence-corrected chi connectivity index (χ2v) is 7.88. The van der Waals surface area contributed by atoms with Gasteiger partial charge in [-0.2, -0.15) is 0 Å². The molecule has 0 aliphatic rings. The highest BCUT2D eigenvalue weighted by molar-refractivity contribution is 8.00. The van der Waals surface area contributed by atoms with Crippen LogP contribution < -0.4 is 10.0 Å². The summed E-state index contributed by atoms with van der Waals surface area (Å²) in [6.07, 6.45) is 0. The molecule has 0 saturated carbocycles. The Morgan fingerprint density at radius 1 is 0.821 bits per heavy atom. The molecule has 0 unspecified atom stereocenters. The van der Waals surface area contributed by atoms with E-state index >= 15 is 0 Å². The normalized spacial score (nSPS) is 10.8. The Morgan fingerprint density at radius 2 is 1.50 bits per heavy atom. The lowest BCUT2D eigenvalue weighted by Gasteiger charge is -2.13. The number of fused-ring (bicyclic) bond motifs is 1. The van der Waals surface area contributed by atoms with Crippen molar-refractivity contribution in [2.75, 3.05) is 10.0 Å². The van der Waals surface area contributed by atoms with E-state index in [0.29, 0.717) is 21.7 Å². The molecule has 7 heteroatoms. The predicted octanol–water partition coefficient (Wildman–Crippen LogP) is 7.11. The zero-order chi connectivity index (χ0) is 19.5. The van der Waals surface area contributed by atoms with Crippen LogP contribution in [0.25, 0.3) is 11.0 Å². The van der Waals surface area contributed by atoms with Gasteiger partial charge in [-0.25, -0.2) is 9.97 Å². The lowest BCUT2D eigenvalue weighted by molar-refractivity contribution is 1.28. The van der Waals surface area contributed by atoms with E-state index in [1.54, 1.807) is 0 Å². The van der Waals surface area contributed by atoms with Gasteiger partial charge in [0.25, 0.3) is 0 Å². The predicted molar refractivity (Wildman–Crippen MR) is 120 cm³/mol. The quantitative estimate of drug-likeness (QED) is 0.333. The fourth-order valence-corrected chi connectivity index (χ4v) is 3.51. The minimum absolute atomic E-state index is 0.625. The van der Waals surface area contributed by atoms with Gasteiger partial charge in [0.05, 0.1) is 11.0 Å². The number of aromatic nitrogens is 2. The first-order valence-electron chi connectivity index (χ1n) is 8.57. The molecule has 140 valence electrons. The Morgan fingerprint density at radius 3 is 2.18 bits per heavy atom. The molecule has 0 aliphatic heterocycles. The molecule has 0 atom stereocenters. The SMILES string of the molecule is Cc1ccc(Nc2nc3ccccc3nc2NSc2ccc(Cl)cc2)cc1Cl. The maximum Gasteiger partial charge on any atom is 0.180 e. The third-order valence-corrected chi connectivity index (χ3v) is 5.55. The maximum atomic E-state index is 6.26. The van der Waals surface area contributed by atoms with Crippen molar-refractivity contribution in [3.63, 3.8) is 0 Å². The summed E-state index contributed by atoms with van der Waals surface area (Å²) in [5, 5.41) is 4.72. The van der Waals surface area contributed by atoms with Crippen LogP contribution in [0.4, 0.5) is 17.3 Å². The summed E-state index contributed by atoms with van der Waals surface area (Å²) in [7, 11) is 0. The Labute approximate surface area is 177 Å². The van der Waals surface area contributed by atoms with Gasteiger partial charge in [0.2, 0.25) is 0 Å². The van der Waals surface area contributed by atoms with Crippen molar-refractivity contribution >= 4 is 63.5 Å². The Hall–Kier alpha value is -2.47. The molecule has 0 radical (unpaired) electrons. The van der Waals surface area contributed by atoms with Crippen molar-refractivity contribution in [3.05, 3.63) is 82.3 Å². The smallest absolute Gasteiger partial charge is 0.180 e. The van der Waals surface area contributed by atoms with E-state index in [4.69, 9.17) is 33.2 Å². The zero-order valence-corrected chi connectivity index (χ0v) is 17.2. The number of aryl methyl sites for hydroxylation is 1. The molecule has 0 fully saturated rings. The first-order valence-corrected chi connectivity index (χ1v) is 10.1. The first-order chi connectivity index (χ1) is 13.6. The topological polar surface area (TPSA) is 49.8 Å². The molecule has 28 heavy (non-hydrogen) atoms. The van der Waals surface area contributed by atoms with E-state index in [2.05, 4.69) is 10.0 Å². The van der Waals surface area contributed by atoms with Crippen LogP contribution in [0.5, 0.6) is 0 Å². The van der Waals surface area contributed by atoms with Crippen LogP contribution >= 0.6 is 35.1 Å². The van der Waals surface area contributed by atoms with E-state index in [-0.39, 0.29) is 0 Å². The van der Waals surface area contributed by atoms with E-state index in [9.17, 15) is 0 Å². The number of rotatable bonds is 5. The second kappa shape index (κ2) is 8.27. The van der Waals surface area contributed by atoms with Crippen LogP contribution in [-0.2, 0) is 0 Å². The standard InChI is InChI=1S/C21H16Cl2N4S/c1-13-6-9-15(12-17(13)23)24-20-21(26-19-5-3-2-4-18(19)25-20)27-28-16-10-7-14(22)8-11-16/h2-12H,1H3,(H,24,25)(H,26,27). The third kappa shape index (κ3) is 4.33. The minimum atomic E-state index is 0.625. The second-order valence-electron chi connectivity index (χ2n) is 6.16. The molecule has 3 aromatic carbocycles. The Bertz CT molecular complexity index is 1130. The summed E-state index contributed by atoms with van der Waals surface area (Å²) in [6.45, 7) is 1.97. The lowest BCUT2D eigenvalue weighted by atomic mass is 10.2. The Kier molecular flexibility index (Phi) is 5.57. The minimum Gasteiger partial charge on any atom is -0.337 e. The van der Waals surface area contributed by atoms with Crippen molar-refractivity contribution in [1.29, 1.82) is 0 Å². The number of para-hydroxylation sites is 2. The van der Waals surface area contributed by atoms with Crippen LogP contribution in [0.15, 0.2) is 71.6 Å². The van der Waals surface area contributed by atoms with Crippen molar-refractivity contribution in [2.45, 2.75) is 11.8 Å². The monoisotopic (exact) mass is 426 g/mol. The van der Waals surface area contributed by atoms with E-state index in [0.717, 1.165) is 27.2 Å². The molecule has 1 heterocycles. The number of hydrogen-bond donors (Lipinski definition) is 2. The molecule has 1 aromatic heterocycles. The summed E-state index contributed by atoms with van der Waals surface area (Å²) in [4.78, 5) is 10.5. The zero-order valence-electron chi connectivity index (χ0n) is 14.9. The van der Waals surface area contributed by atoms with Gasteiger partial charge in [-0.15, -0.1) is 0 Å². The van der Waals surface area contributed by atoms with Gasteiger partial charge in [0, 0.05) is 20.6 Å². The maximum absolute atomic E-state index is 6.26. The lowest BCUT2D eigenvalue weighted by Crippen LogP contribution is -2.02. The Balaban J connectivity index is 1.67. The third-order valence-electron chi connectivity index (χ3n) is 4.08. The molecule has 4 nitrogen and oxygen atoms in total. The molecular weight excluding hydrogens is 411 g/mol. The van der Waals surface area contributed by atoms with Gasteiger partial charge >= 0.3 is 0 Å². The van der Waals surface area contributed by atoms with Gasteiger partial charge in [0.1, 0.15) is 0 Å². The van der Waals surface area contributed by atoms with E-state index in [1.165, 1.54) is 11.9 Å². The number of benzene rings is 3. The molecule has 2 N–H and O–H groups in total. The van der Waals surface area contributed by atoms with Crippen LogP contribution in [-0.4, -0.2) is 9.97 Å². The van der Waals surface area contributed by atoms with E-state index < -0.39 is 0 Å². The molecule has 0 spiro atoms. The van der Waals surface area contributed by atoms with Crippen LogP contribution in [0.2, 0.25) is 10.0 Å². The largest absolute Gasteiger partial charge is 0.337 e. The number of nitrogens with zero attached hydrogens (tertiary/aromatic N) is 2. The van der Waals surface area contributed by atoms with Crippen molar-refractivity contribution in [2.24, 2.45) is 0 Å². The van der Waals surface area contributed by atoms with Crippen LogP contribution in [0.1, 0.15) is 5.56 Å². The van der Waals surface area contributed by atoms with Gasteiger partial charge in [-0.1, -0.05) is 41.4 Å². The summed E-state index contributed by atoms with van der Waals surface area (Å²) in [6, 6.07) is 21.2. The number of anilines is 3. The highest BCUT2D eigenvalue weighted by atomic mass is 35.5. The molecule has 4 rings (SSSR count). The number of hydrogen-bond acceptors (Lipinski definition) is 5. The van der Waals surface area contributed by atoms with Gasteiger partial charge in [-0.3, -0.25) is 0 Å². The van der Waals surface area contributed by atoms with Crippen molar-refractivity contribution < 1.29 is 0 Å². The molecule has 0 amide bonds. The van der Waals surface area contributed by atoms with Gasteiger partial charge in [0.15, 0.2) is 11.6 Å². The van der Waals surface area contributed by atoms with Crippen LogP contribution in [0.3, 0.4) is 0 Å². The fourth-order valence-electron chi connectivity index (χ4n) is 2.58. The molecule has 4 aromatic rings. The summed E-state index contributed by atoms with van der Waals surface area (Å²) < 4.78 is 3.29.